The molecule has 15 heteroatoms. The van der Waals surface area contributed by atoms with Gasteiger partial charge >= 0.3 is 26.0 Å². The first kappa shape index (κ1) is 40.0. The van der Waals surface area contributed by atoms with E-state index in [1.165, 1.54) is 14.0 Å². The summed E-state index contributed by atoms with van der Waals surface area (Å²) in [4.78, 5) is 39.0. The highest BCUT2D eigenvalue weighted by Gasteiger charge is 2.55. The SMILES string of the molecule is CCCOC(=O)OC(OP(=O)(N=C(N)N(C)C(C)C(=O)O)OC(OC(=O)OCCC)(c1ccccc1)C(C)C)(c1ccccc1)C(C)C. The quantitative estimate of drug-likeness (QED) is 0.0568. The summed E-state index contributed by atoms with van der Waals surface area (Å²) < 4.78 is 54.2. The van der Waals surface area contributed by atoms with E-state index in [2.05, 4.69) is 4.76 Å². The molecule has 0 amide bonds. The molecule has 0 spiro atoms. The second-order valence-corrected chi connectivity index (χ2v) is 13.0. The Kier molecular flexibility index (Phi) is 14.9. The molecule has 14 nitrogen and oxygen atoms in total. The van der Waals surface area contributed by atoms with Crippen LogP contribution in [0.5, 0.6) is 0 Å². The maximum absolute atomic E-state index is 15.3. The monoisotopic (exact) mass is 693 g/mol. The molecule has 0 aliphatic carbocycles. The number of ether oxygens (including phenoxy) is 4. The zero-order valence-electron chi connectivity index (χ0n) is 28.8. The molecule has 0 aliphatic heterocycles. The van der Waals surface area contributed by atoms with Crippen LogP contribution in [-0.2, 0) is 48.9 Å². The van der Waals surface area contributed by atoms with E-state index in [0.717, 1.165) is 4.90 Å². The summed E-state index contributed by atoms with van der Waals surface area (Å²) in [6.45, 7) is 11.5. The Morgan fingerprint density at radius 1 is 0.792 bits per heavy atom. The first-order chi connectivity index (χ1) is 22.6. The molecule has 0 bridgehead atoms. The number of aliphatic carboxylic acids is 1. The molecule has 0 radical (unpaired) electrons. The van der Waals surface area contributed by atoms with Crippen molar-refractivity contribution in [3.05, 3.63) is 71.8 Å². The van der Waals surface area contributed by atoms with Crippen LogP contribution < -0.4 is 5.73 Å². The first-order valence-electron chi connectivity index (χ1n) is 15.7. The van der Waals surface area contributed by atoms with Gasteiger partial charge in [-0.3, -0.25) is 0 Å². The molecular weight excluding hydrogens is 645 g/mol. The van der Waals surface area contributed by atoms with Gasteiger partial charge in [-0.2, -0.15) is 0 Å². The number of benzene rings is 2. The molecule has 3 atom stereocenters. The lowest BCUT2D eigenvalue weighted by atomic mass is 9.94. The Labute approximate surface area is 282 Å². The van der Waals surface area contributed by atoms with Gasteiger partial charge in [-0.25, -0.2) is 28.0 Å². The van der Waals surface area contributed by atoms with Gasteiger partial charge in [0, 0.05) is 30.0 Å². The summed E-state index contributed by atoms with van der Waals surface area (Å²) in [7, 11) is -3.86. The highest BCUT2D eigenvalue weighted by atomic mass is 31.2. The predicted octanol–water partition coefficient (Wildman–Crippen LogP) is 6.99. The molecule has 48 heavy (non-hydrogen) atoms. The summed E-state index contributed by atoms with van der Waals surface area (Å²) in [5.74, 6) is -7.75. The third-order valence-electron chi connectivity index (χ3n) is 7.22. The minimum Gasteiger partial charge on any atom is -0.480 e. The average Bonchev–Trinajstić information content (AvgIpc) is 3.05. The lowest BCUT2D eigenvalue weighted by molar-refractivity contribution is -0.228. The molecule has 266 valence electrons. The van der Waals surface area contributed by atoms with Crippen LogP contribution in [0.2, 0.25) is 0 Å². The van der Waals surface area contributed by atoms with Crippen LogP contribution in [0.15, 0.2) is 65.4 Å². The number of nitrogens with zero attached hydrogens (tertiary/aromatic N) is 2. The summed E-state index contributed by atoms with van der Waals surface area (Å²) in [5, 5.41) is 9.63. The fourth-order valence-corrected chi connectivity index (χ4v) is 6.26. The largest absolute Gasteiger partial charge is 0.511 e. The van der Waals surface area contributed by atoms with E-state index in [-0.39, 0.29) is 24.3 Å². The number of likely N-dealkylation sites (N-methyl/N-ethyl adjacent to an activating group) is 1. The van der Waals surface area contributed by atoms with Gasteiger partial charge in [-0.1, -0.05) is 102 Å². The maximum Gasteiger partial charge on any atom is 0.511 e. The van der Waals surface area contributed by atoms with E-state index < -0.39 is 61.4 Å². The van der Waals surface area contributed by atoms with E-state index in [1.807, 2.05) is 0 Å². The first-order valence-corrected chi connectivity index (χ1v) is 17.2. The third kappa shape index (κ3) is 10.2. The van der Waals surface area contributed by atoms with Crippen molar-refractivity contribution < 1.29 is 52.1 Å². The van der Waals surface area contributed by atoms with Crippen LogP contribution in [-0.4, -0.2) is 60.5 Å². The Morgan fingerprint density at radius 2 is 1.17 bits per heavy atom. The fraction of sp³-hybridized carbons (Fsp3) is 0.515. The van der Waals surface area contributed by atoms with Crippen LogP contribution in [0, 0.1) is 11.8 Å². The van der Waals surface area contributed by atoms with Crippen LogP contribution in [0.3, 0.4) is 0 Å². The van der Waals surface area contributed by atoms with Crippen molar-refractivity contribution in [2.75, 3.05) is 20.3 Å². The summed E-state index contributed by atoms with van der Waals surface area (Å²) in [6, 6.07) is 15.1. The molecule has 0 aromatic heterocycles. The topological polar surface area (TPSA) is 186 Å². The fourth-order valence-electron chi connectivity index (χ4n) is 4.35. The van der Waals surface area contributed by atoms with Crippen molar-refractivity contribution in [3.63, 3.8) is 0 Å². The Morgan fingerprint density at radius 3 is 1.48 bits per heavy atom. The van der Waals surface area contributed by atoms with Gasteiger partial charge in [0.25, 0.3) is 11.6 Å². The van der Waals surface area contributed by atoms with Gasteiger partial charge in [-0.15, -0.1) is 4.76 Å². The minimum absolute atomic E-state index is 0.0249. The van der Waals surface area contributed by atoms with Crippen LogP contribution in [0.4, 0.5) is 9.59 Å². The lowest BCUT2D eigenvalue weighted by Gasteiger charge is -2.41. The number of carbonyl (C=O) groups excluding carboxylic acids is 2. The molecule has 0 saturated carbocycles. The van der Waals surface area contributed by atoms with Gasteiger partial charge in [0.15, 0.2) is 0 Å². The number of rotatable bonds is 17. The van der Waals surface area contributed by atoms with E-state index in [1.54, 1.807) is 102 Å². The highest BCUT2D eigenvalue weighted by molar-refractivity contribution is 7.52. The average molecular weight is 694 g/mol. The number of guanidine groups is 1. The molecule has 3 unspecified atom stereocenters. The second-order valence-electron chi connectivity index (χ2n) is 11.5. The Hall–Kier alpha value is -4.13. The smallest absolute Gasteiger partial charge is 0.480 e. The van der Waals surface area contributed by atoms with E-state index in [4.69, 9.17) is 33.7 Å². The van der Waals surface area contributed by atoms with Crippen molar-refractivity contribution in [1.82, 2.24) is 4.90 Å². The van der Waals surface area contributed by atoms with Gasteiger partial charge in [0.1, 0.15) is 6.04 Å². The molecule has 2 rings (SSSR count). The van der Waals surface area contributed by atoms with Crippen molar-refractivity contribution in [2.24, 2.45) is 22.3 Å². The Bertz CT molecular complexity index is 1340. The summed E-state index contributed by atoms with van der Waals surface area (Å²) in [5.41, 5.74) is 6.72. The minimum atomic E-state index is -5.18. The van der Waals surface area contributed by atoms with Crippen molar-refractivity contribution >= 4 is 32.0 Å². The maximum atomic E-state index is 15.3. The number of hydrogen-bond donors (Lipinski definition) is 2. The zero-order chi connectivity index (χ0) is 36.1. The second kappa shape index (κ2) is 17.9. The summed E-state index contributed by atoms with van der Waals surface area (Å²) in [6.07, 6.45) is -1.28. The Balaban J connectivity index is 2.96. The summed E-state index contributed by atoms with van der Waals surface area (Å²) >= 11 is 0. The van der Waals surface area contributed by atoms with Gasteiger partial charge < -0.3 is 34.7 Å². The molecule has 0 fully saturated rings. The molecule has 3 N–H and O–H groups in total. The molecule has 0 heterocycles. The number of nitrogens with two attached hydrogens (primary N) is 1. The van der Waals surface area contributed by atoms with Gasteiger partial charge in [-0.05, 0) is 19.8 Å². The van der Waals surface area contributed by atoms with E-state index >= 15 is 4.57 Å². The number of hydrogen-bond acceptors (Lipinski definition) is 10. The van der Waals surface area contributed by atoms with Crippen molar-refractivity contribution in [1.29, 1.82) is 0 Å². The van der Waals surface area contributed by atoms with Crippen LogP contribution in [0.25, 0.3) is 0 Å². The number of carboxylic acids is 1. The zero-order valence-corrected chi connectivity index (χ0v) is 29.7. The standard InChI is InChI=1S/C33H48N3O11P/c1-9-21-42-30(39)44-32(23(3)4,26-17-13-11-14-18-26)46-48(41,35-29(34)36(8)25(7)28(37)38)47-33(24(5)6,27-19-15-12-16-20-27)45-31(40)43-22-10-2/h11-20,23-25H,9-10,21-22H2,1-8H3,(H,37,38)(H2,34,35,41). The third-order valence-corrected chi connectivity index (χ3v) is 8.67. The molecule has 2 aromatic carbocycles. The van der Waals surface area contributed by atoms with Gasteiger partial charge in [0.05, 0.1) is 13.2 Å². The van der Waals surface area contributed by atoms with Crippen LogP contribution >= 0.6 is 7.75 Å². The predicted molar refractivity (Wildman–Crippen MR) is 178 cm³/mol. The number of carboxylic acid groups (broad SMARTS) is 1. The lowest BCUT2D eigenvalue weighted by Crippen LogP contribution is -2.45. The molecular formula is C33H48N3O11P. The number of carbonyl (C=O) groups is 3. The van der Waals surface area contributed by atoms with Gasteiger partial charge in [0.2, 0.25) is 5.96 Å². The van der Waals surface area contributed by atoms with Crippen molar-refractivity contribution in [3.8, 4) is 0 Å². The molecule has 0 aliphatic rings. The molecule has 0 saturated heterocycles. The highest BCUT2D eigenvalue weighted by Crippen LogP contribution is 2.62. The van der Waals surface area contributed by atoms with Crippen LogP contribution in [0.1, 0.15) is 72.4 Å². The molecule has 2 aromatic rings. The van der Waals surface area contributed by atoms with E-state index in [9.17, 15) is 19.5 Å². The van der Waals surface area contributed by atoms with E-state index in [0.29, 0.717) is 12.8 Å². The normalized spacial score (nSPS) is 16.2. The van der Waals surface area contributed by atoms with Crippen molar-refractivity contribution in [2.45, 2.75) is 78.9 Å².